The van der Waals surface area contributed by atoms with Crippen molar-refractivity contribution in [1.82, 2.24) is 4.72 Å². The average Bonchev–Trinajstić information content (AvgIpc) is 2.96. The van der Waals surface area contributed by atoms with E-state index in [9.17, 15) is 18.3 Å². The first-order chi connectivity index (χ1) is 20.2. The molecule has 2 aromatic carbocycles. The van der Waals surface area contributed by atoms with Crippen LogP contribution in [0.25, 0.3) is 0 Å². The van der Waals surface area contributed by atoms with Gasteiger partial charge in [0.25, 0.3) is 5.91 Å². The maximum atomic E-state index is 13.3. The van der Waals surface area contributed by atoms with Crippen LogP contribution in [0.1, 0.15) is 73.4 Å². The SMILES string of the molecule is C=CC[C@H](CC)S(=O)(=O)NC(=O)c1ccc2c(c1)N(C[C@@H]1CC[C@H]1[C@@H](O)CC=C)CCCCc1cc(Cl)ccc1CO2. The lowest BCUT2D eigenvalue weighted by molar-refractivity contribution is 0.0181. The van der Waals surface area contributed by atoms with Crippen LogP contribution in [0.4, 0.5) is 5.69 Å². The number of carbonyl (C=O) groups excluding carboxylic acids is 1. The van der Waals surface area contributed by atoms with E-state index in [-0.39, 0.29) is 23.8 Å². The summed E-state index contributed by atoms with van der Waals surface area (Å²) in [5.41, 5.74) is 3.22. The van der Waals surface area contributed by atoms with Gasteiger partial charge in [-0.15, -0.1) is 13.2 Å². The first-order valence-corrected chi connectivity index (χ1v) is 16.8. The van der Waals surface area contributed by atoms with Gasteiger partial charge in [-0.3, -0.25) is 4.79 Å². The third kappa shape index (κ3) is 7.77. The summed E-state index contributed by atoms with van der Waals surface area (Å²) >= 11 is 6.30. The predicted molar refractivity (Wildman–Crippen MR) is 170 cm³/mol. The number of carbonyl (C=O) groups is 1. The third-order valence-corrected chi connectivity index (χ3v) is 10.7. The number of allylic oxidation sites excluding steroid dienone is 1. The number of hydrogen-bond donors (Lipinski definition) is 2. The maximum Gasteiger partial charge on any atom is 0.264 e. The summed E-state index contributed by atoms with van der Waals surface area (Å²) in [7, 11) is -3.88. The second-order valence-electron chi connectivity index (χ2n) is 11.4. The Balaban J connectivity index is 1.66. The molecule has 4 atom stereocenters. The lowest BCUT2D eigenvalue weighted by atomic mass is 9.69. The molecule has 4 rings (SSSR count). The van der Waals surface area contributed by atoms with Crippen LogP contribution in [-0.4, -0.2) is 43.9 Å². The summed E-state index contributed by atoms with van der Waals surface area (Å²) in [6.07, 6.45) is 8.79. The maximum absolute atomic E-state index is 13.3. The van der Waals surface area contributed by atoms with E-state index >= 15 is 0 Å². The number of aryl methyl sites for hydroxylation is 1. The quantitative estimate of drug-likeness (QED) is 0.283. The normalized spacial score (nSPS) is 20.4. The van der Waals surface area contributed by atoms with Gasteiger partial charge in [-0.25, -0.2) is 13.1 Å². The van der Waals surface area contributed by atoms with Crippen molar-refractivity contribution in [3.63, 3.8) is 0 Å². The van der Waals surface area contributed by atoms with Gasteiger partial charge in [0.1, 0.15) is 12.4 Å². The fraction of sp³-hybridized carbons (Fsp3) is 0.485. The van der Waals surface area contributed by atoms with Crippen molar-refractivity contribution in [2.45, 2.75) is 76.3 Å². The monoisotopic (exact) mass is 614 g/mol. The van der Waals surface area contributed by atoms with Gasteiger partial charge >= 0.3 is 0 Å². The standard InChI is InChI=1S/C33H43ClN2O5S/c1-4-9-28(6-3)42(39,40)35-33(38)24-14-17-32-30(20-24)36(21-25-13-16-29(25)31(37)10-5-2)18-8-7-11-23-19-27(34)15-12-26(23)22-41-32/h4-5,12,14-15,17,19-20,25,28-29,31,37H,1-2,6-11,13,16,18,21-22H2,3H3,(H,35,38)/t25-,28-,29+,31-/m0/s1. The summed E-state index contributed by atoms with van der Waals surface area (Å²) in [4.78, 5) is 15.5. The molecule has 228 valence electrons. The van der Waals surface area contributed by atoms with E-state index in [1.807, 2.05) is 18.2 Å². The van der Waals surface area contributed by atoms with E-state index in [2.05, 4.69) is 22.8 Å². The molecule has 2 aliphatic rings. The average molecular weight is 615 g/mol. The van der Waals surface area contributed by atoms with Crippen molar-refractivity contribution in [2.75, 3.05) is 18.0 Å². The number of nitrogens with one attached hydrogen (secondary N) is 1. The number of rotatable bonds is 11. The van der Waals surface area contributed by atoms with Crippen molar-refractivity contribution >= 4 is 33.2 Å². The van der Waals surface area contributed by atoms with Crippen LogP contribution in [0.2, 0.25) is 5.02 Å². The number of aliphatic hydroxyl groups is 1. The topological polar surface area (TPSA) is 95.9 Å². The Labute approximate surface area is 255 Å². The molecule has 42 heavy (non-hydrogen) atoms. The van der Waals surface area contributed by atoms with Crippen molar-refractivity contribution in [1.29, 1.82) is 0 Å². The fourth-order valence-electron chi connectivity index (χ4n) is 6.01. The molecule has 2 aromatic rings. The highest BCUT2D eigenvalue weighted by molar-refractivity contribution is 7.90. The fourth-order valence-corrected chi connectivity index (χ4v) is 7.57. The molecule has 1 amide bonds. The minimum Gasteiger partial charge on any atom is -0.487 e. The number of hydrogen-bond acceptors (Lipinski definition) is 6. The van der Waals surface area contributed by atoms with E-state index in [1.165, 1.54) is 0 Å². The highest BCUT2D eigenvalue weighted by Crippen LogP contribution is 2.41. The number of sulfonamides is 1. The number of nitrogens with zero attached hydrogens (tertiary/aromatic N) is 1. The molecule has 0 radical (unpaired) electrons. The van der Waals surface area contributed by atoms with Gasteiger partial charge in [-0.2, -0.15) is 0 Å². The molecule has 9 heteroatoms. The van der Waals surface area contributed by atoms with Crippen LogP contribution in [0.3, 0.4) is 0 Å². The zero-order chi connectivity index (χ0) is 30.3. The van der Waals surface area contributed by atoms with E-state index < -0.39 is 27.3 Å². The van der Waals surface area contributed by atoms with Gasteiger partial charge in [0.05, 0.1) is 17.0 Å². The Bertz CT molecular complexity index is 1380. The van der Waals surface area contributed by atoms with E-state index in [4.69, 9.17) is 16.3 Å². The van der Waals surface area contributed by atoms with Crippen LogP contribution in [0.5, 0.6) is 5.75 Å². The minimum absolute atomic E-state index is 0.185. The first-order valence-electron chi connectivity index (χ1n) is 14.9. The Kier molecular flexibility index (Phi) is 11.1. The number of fused-ring (bicyclic) bond motifs is 2. The molecule has 1 aliphatic heterocycles. The number of aliphatic hydroxyl groups excluding tert-OH is 1. The van der Waals surface area contributed by atoms with Gasteiger partial charge in [0, 0.05) is 23.7 Å². The van der Waals surface area contributed by atoms with Gasteiger partial charge < -0.3 is 14.7 Å². The summed E-state index contributed by atoms with van der Waals surface area (Å²) < 4.78 is 34.5. The molecule has 2 N–H and O–H groups in total. The predicted octanol–water partition coefficient (Wildman–Crippen LogP) is 6.44. The second-order valence-corrected chi connectivity index (χ2v) is 13.8. The number of amides is 1. The highest BCUT2D eigenvalue weighted by atomic mass is 35.5. The molecule has 1 heterocycles. The van der Waals surface area contributed by atoms with Crippen LogP contribution < -0.4 is 14.4 Å². The third-order valence-electron chi connectivity index (χ3n) is 8.63. The van der Waals surface area contributed by atoms with E-state index in [1.54, 1.807) is 37.3 Å². The van der Waals surface area contributed by atoms with Gasteiger partial charge in [-0.05, 0) is 105 Å². The zero-order valence-electron chi connectivity index (χ0n) is 24.4. The summed E-state index contributed by atoms with van der Waals surface area (Å²) in [5, 5.41) is 10.7. The number of benzene rings is 2. The number of anilines is 1. The minimum atomic E-state index is -3.88. The smallest absolute Gasteiger partial charge is 0.264 e. The Morgan fingerprint density at radius 1 is 1.14 bits per heavy atom. The van der Waals surface area contributed by atoms with Crippen molar-refractivity contribution in [3.8, 4) is 5.75 Å². The van der Waals surface area contributed by atoms with E-state index in [0.29, 0.717) is 36.8 Å². The van der Waals surface area contributed by atoms with Gasteiger partial charge in [0.15, 0.2) is 0 Å². The molecule has 1 fully saturated rings. The molecule has 0 spiro atoms. The lowest BCUT2D eigenvalue weighted by Crippen LogP contribution is -2.43. The molecular formula is C33H43ClN2O5S. The summed E-state index contributed by atoms with van der Waals surface area (Å²) in [5.74, 6) is 0.427. The molecule has 1 aliphatic carbocycles. The second kappa shape index (κ2) is 14.6. The number of ether oxygens (including phenoxy) is 1. The van der Waals surface area contributed by atoms with Crippen molar-refractivity contribution in [3.05, 3.63) is 83.4 Å². The van der Waals surface area contributed by atoms with Crippen LogP contribution in [0.15, 0.2) is 61.7 Å². The Hall–Kier alpha value is -2.81. The van der Waals surface area contributed by atoms with Crippen LogP contribution in [-0.2, 0) is 23.1 Å². The molecule has 0 aromatic heterocycles. The van der Waals surface area contributed by atoms with Crippen molar-refractivity contribution in [2.24, 2.45) is 11.8 Å². The molecule has 0 unspecified atom stereocenters. The first kappa shape index (κ1) is 32.1. The Morgan fingerprint density at radius 3 is 2.62 bits per heavy atom. The largest absolute Gasteiger partial charge is 0.487 e. The molecule has 0 saturated heterocycles. The van der Waals surface area contributed by atoms with Crippen LogP contribution in [0, 0.1) is 11.8 Å². The summed E-state index contributed by atoms with van der Waals surface area (Å²) in [6.45, 7) is 11.0. The zero-order valence-corrected chi connectivity index (χ0v) is 26.0. The molecule has 7 nitrogen and oxygen atoms in total. The van der Waals surface area contributed by atoms with Gasteiger partial charge in [-0.1, -0.05) is 36.7 Å². The lowest BCUT2D eigenvalue weighted by Gasteiger charge is -2.43. The molecule has 0 bridgehead atoms. The van der Waals surface area contributed by atoms with Crippen LogP contribution >= 0.6 is 11.6 Å². The van der Waals surface area contributed by atoms with Crippen molar-refractivity contribution < 1.29 is 23.1 Å². The van der Waals surface area contributed by atoms with E-state index in [0.717, 1.165) is 55.5 Å². The highest BCUT2D eigenvalue weighted by Gasteiger charge is 2.37. The molecular weight excluding hydrogens is 572 g/mol. The number of halogens is 1. The molecule has 1 saturated carbocycles. The Morgan fingerprint density at radius 2 is 1.93 bits per heavy atom. The van der Waals surface area contributed by atoms with Gasteiger partial charge in [0.2, 0.25) is 10.0 Å². The summed E-state index contributed by atoms with van der Waals surface area (Å²) in [6, 6.07) is 11.0.